The first-order valence-corrected chi connectivity index (χ1v) is 8.89. The lowest BCUT2D eigenvalue weighted by molar-refractivity contribution is 0.205. The molecule has 1 aliphatic heterocycles. The van der Waals surface area contributed by atoms with Gasteiger partial charge in [-0.1, -0.05) is 38.0 Å². The zero-order valence-electron chi connectivity index (χ0n) is 16.4. The fraction of sp³-hybridized carbons (Fsp3) is 0.450. The molecule has 6 heteroatoms. The highest BCUT2D eigenvalue weighted by Crippen LogP contribution is 2.32. The lowest BCUT2D eigenvalue weighted by Gasteiger charge is -2.37. The minimum Gasteiger partial charge on any atom is -0.364 e. The van der Waals surface area contributed by atoms with Crippen molar-refractivity contribution in [3.05, 3.63) is 66.8 Å². The van der Waals surface area contributed by atoms with Gasteiger partial charge in [-0.2, -0.15) is 0 Å². The Balaban J connectivity index is 2.45. The fourth-order valence-corrected chi connectivity index (χ4v) is 3.12. The molecule has 0 spiro atoms. The van der Waals surface area contributed by atoms with Crippen LogP contribution in [0.1, 0.15) is 46.0 Å². The molecule has 0 aliphatic carbocycles. The predicted octanol–water partition coefficient (Wildman–Crippen LogP) is 3.48. The Morgan fingerprint density at radius 3 is 2.50 bits per heavy atom. The van der Waals surface area contributed by atoms with Gasteiger partial charge in [0, 0.05) is 18.8 Å². The van der Waals surface area contributed by atoms with Gasteiger partial charge in [-0.25, -0.2) is 4.68 Å². The van der Waals surface area contributed by atoms with Gasteiger partial charge in [0.1, 0.15) is 6.04 Å². The average molecular weight is 355 g/mol. The summed E-state index contributed by atoms with van der Waals surface area (Å²) in [7, 11) is 0. The Kier molecular flexibility index (Phi) is 6.32. The van der Waals surface area contributed by atoms with Gasteiger partial charge in [0.05, 0.1) is 5.54 Å². The molecule has 0 amide bonds. The number of hydrogen-bond donors (Lipinski definition) is 1. The van der Waals surface area contributed by atoms with Gasteiger partial charge in [-0.15, -0.1) is 5.10 Å². The number of allylic oxidation sites excluding steroid dienone is 2. The summed E-state index contributed by atoms with van der Waals surface area (Å²) in [6.07, 6.45) is 8.57. The smallest absolute Gasteiger partial charge is 0.175 e. The third-order valence-corrected chi connectivity index (χ3v) is 4.45. The number of hydrogen-bond acceptors (Lipinski definition) is 5. The lowest BCUT2D eigenvalue weighted by Crippen LogP contribution is -2.40. The van der Waals surface area contributed by atoms with Crippen LogP contribution in [0.3, 0.4) is 0 Å². The van der Waals surface area contributed by atoms with E-state index < -0.39 is 0 Å². The molecule has 0 aromatic carbocycles. The van der Waals surface area contributed by atoms with E-state index in [1.807, 2.05) is 36.0 Å². The zero-order chi connectivity index (χ0) is 19.3. The molecule has 1 unspecified atom stereocenters. The van der Waals surface area contributed by atoms with E-state index in [0.717, 1.165) is 31.0 Å². The summed E-state index contributed by atoms with van der Waals surface area (Å²) in [4.78, 5) is 2.33. The molecule has 1 aliphatic rings. The van der Waals surface area contributed by atoms with Gasteiger partial charge < -0.3 is 5.32 Å². The van der Waals surface area contributed by atoms with Crippen LogP contribution in [0.5, 0.6) is 0 Å². The molecular formula is C20H30N6. The number of aromatic nitrogens is 4. The first-order valence-electron chi connectivity index (χ1n) is 8.89. The maximum Gasteiger partial charge on any atom is 0.175 e. The molecular weight excluding hydrogens is 324 g/mol. The monoisotopic (exact) mass is 354 g/mol. The normalized spacial score (nSPS) is 17.4. The second-order valence-corrected chi connectivity index (χ2v) is 7.37. The quantitative estimate of drug-likeness (QED) is 0.812. The third kappa shape index (κ3) is 4.19. The SMILES string of the molecule is C=CC1=C(C=C)CN(C(C(=C)N/C=C\C)c2nnnn2C(C)(C)C)CC1. The molecule has 0 radical (unpaired) electrons. The van der Waals surface area contributed by atoms with E-state index in [-0.39, 0.29) is 11.6 Å². The van der Waals surface area contributed by atoms with E-state index in [1.165, 1.54) is 11.1 Å². The summed E-state index contributed by atoms with van der Waals surface area (Å²) < 4.78 is 1.88. The highest BCUT2D eigenvalue weighted by molar-refractivity contribution is 5.35. The van der Waals surface area contributed by atoms with Gasteiger partial charge in [0.25, 0.3) is 0 Å². The molecule has 1 aromatic rings. The average Bonchev–Trinajstić information content (AvgIpc) is 3.09. The van der Waals surface area contributed by atoms with Crippen LogP contribution in [0.2, 0.25) is 0 Å². The van der Waals surface area contributed by atoms with E-state index in [2.05, 4.69) is 66.3 Å². The van der Waals surface area contributed by atoms with Crippen LogP contribution < -0.4 is 5.32 Å². The fourth-order valence-electron chi connectivity index (χ4n) is 3.12. The van der Waals surface area contributed by atoms with Crippen molar-refractivity contribution in [2.75, 3.05) is 13.1 Å². The van der Waals surface area contributed by atoms with Crippen molar-refractivity contribution >= 4 is 0 Å². The van der Waals surface area contributed by atoms with Gasteiger partial charge in [-0.3, -0.25) is 4.90 Å². The standard InChI is InChI=1S/C20H30N6/c1-8-12-21-15(4)18(19-22-23-24-26(19)20(5,6)7)25-13-11-16(9-2)17(10-3)14-25/h8-10,12,18,21H,2-4,11,13-14H2,1,5-7H3/b12-8-. The molecule has 1 aromatic heterocycles. The summed E-state index contributed by atoms with van der Waals surface area (Å²) >= 11 is 0. The minimum absolute atomic E-state index is 0.151. The van der Waals surface area contributed by atoms with E-state index in [0.29, 0.717) is 0 Å². The Labute approximate surface area is 156 Å². The number of nitrogens with one attached hydrogen (secondary N) is 1. The van der Waals surface area contributed by atoms with Crippen LogP contribution in [0.4, 0.5) is 0 Å². The van der Waals surface area contributed by atoms with E-state index in [9.17, 15) is 0 Å². The summed E-state index contributed by atoms with van der Waals surface area (Å²) in [5.41, 5.74) is 3.05. The highest BCUT2D eigenvalue weighted by atomic mass is 15.6. The van der Waals surface area contributed by atoms with Crippen LogP contribution in [-0.2, 0) is 5.54 Å². The van der Waals surface area contributed by atoms with E-state index >= 15 is 0 Å². The molecule has 1 atom stereocenters. The molecule has 140 valence electrons. The van der Waals surface area contributed by atoms with Gasteiger partial charge >= 0.3 is 0 Å². The molecule has 6 nitrogen and oxygen atoms in total. The van der Waals surface area contributed by atoms with Crippen molar-refractivity contribution in [2.24, 2.45) is 0 Å². The van der Waals surface area contributed by atoms with E-state index in [4.69, 9.17) is 0 Å². The Morgan fingerprint density at radius 1 is 1.23 bits per heavy atom. The van der Waals surface area contributed by atoms with Crippen molar-refractivity contribution in [2.45, 2.75) is 45.7 Å². The Morgan fingerprint density at radius 2 is 1.92 bits per heavy atom. The highest BCUT2D eigenvalue weighted by Gasteiger charge is 2.33. The first kappa shape index (κ1) is 19.8. The van der Waals surface area contributed by atoms with Gasteiger partial charge in [-0.05, 0) is 61.9 Å². The second kappa shape index (κ2) is 8.27. The molecule has 2 heterocycles. The van der Waals surface area contributed by atoms with Crippen molar-refractivity contribution in [3.8, 4) is 0 Å². The van der Waals surface area contributed by atoms with Crippen LogP contribution in [0.15, 0.2) is 61.0 Å². The van der Waals surface area contributed by atoms with Crippen LogP contribution in [0, 0.1) is 0 Å². The van der Waals surface area contributed by atoms with Crippen LogP contribution >= 0.6 is 0 Å². The third-order valence-electron chi connectivity index (χ3n) is 4.45. The summed E-state index contributed by atoms with van der Waals surface area (Å²) in [6.45, 7) is 22.0. The topological polar surface area (TPSA) is 58.9 Å². The van der Waals surface area contributed by atoms with Crippen molar-refractivity contribution in [1.82, 2.24) is 30.4 Å². The van der Waals surface area contributed by atoms with Crippen molar-refractivity contribution in [1.29, 1.82) is 0 Å². The van der Waals surface area contributed by atoms with Crippen molar-refractivity contribution in [3.63, 3.8) is 0 Å². The lowest BCUT2D eigenvalue weighted by atomic mass is 9.97. The minimum atomic E-state index is -0.225. The molecule has 0 saturated heterocycles. The molecule has 0 bridgehead atoms. The summed E-state index contributed by atoms with van der Waals surface area (Å²) in [5.74, 6) is 0.782. The molecule has 0 fully saturated rings. The van der Waals surface area contributed by atoms with Crippen LogP contribution in [-0.4, -0.2) is 38.2 Å². The first-order chi connectivity index (χ1) is 12.3. The summed E-state index contributed by atoms with van der Waals surface area (Å²) in [6, 6.07) is -0.151. The Hall–Kier alpha value is -2.47. The molecule has 26 heavy (non-hydrogen) atoms. The molecule has 2 rings (SSSR count). The predicted molar refractivity (Wildman–Crippen MR) is 106 cm³/mol. The number of rotatable bonds is 7. The van der Waals surface area contributed by atoms with Crippen molar-refractivity contribution < 1.29 is 0 Å². The maximum absolute atomic E-state index is 4.35. The summed E-state index contributed by atoms with van der Waals surface area (Å²) in [5, 5.41) is 15.8. The van der Waals surface area contributed by atoms with Crippen LogP contribution in [0.25, 0.3) is 0 Å². The zero-order valence-corrected chi connectivity index (χ0v) is 16.4. The number of tetrazole rings is 1. The largest absolute Gasteiger partial charge is 0.364 e. The van der Waals surface area contributed by atoms with E-state index in [1.54, 1.807) is 0 Å². The van der Waals surface area contributed by atoms with Gasteiger partial charge in [0.15, 0.2) is 5.82 Å². The molecule has 0 saturated carbocycles. The Bertz CT molecular complexity index is 732. The number of nitrogens with zero attached hydrogens (tertiary/aromatic N) is 5. The second-order valence-electron chi connectivity index (χ2n) is 7.37. The molecule has 1 N–H and O–H groups in total. The maximum atomic E-state index is 4.35. The van der Waals surface area contributed by atoms with Gasteiger partial charge in [0.2, 0.25) is 0 Å².